The number of alkyl halides is 3. The zero-order valence-corrected chi connectivity index (χ0v) is 8.37. The van der Waals surface area contributed by atoms with Gasteiger partial charge in [-0.05, 0) is 18.8 Å². The first-order valence-corrected chi connectivity index (χ1v) is 4.98. The molecular weight excluding hydrogens is 223 g/mol. The Morgan fingerprint density at radius 1 is 1.50 bits per heavy atom. The number of Topliss-reactive ketones (excluding diaryl/α,β-unsaturated/α-hetero) is 1. The van der Waals surface area contributed by atoms with Crippen molar-refractivity contribution in [1.29, 1.82) is 0 Å². The van der Waals surface area contributed by atoms with Gasteiger partial charge in [-0.1, -0.05) is 11.6 Å². The van der Waals surface area contributed by atoms with Gasteiger partial charge >= 0.3 is 6.18 Å². The number of hydrogen-bond donors (Lipinski definition) is 0. The lowest BCUT2D eigenvalue weighted by atomic mass is 9.85. The molecule has 0 radical (unpaired) electrons. The van der Waals surface area contributed by atoms with Crippen LogP contribution in [0, 0.1) is 5.92 Å². The Bertz CT molecular complexity index is 395. The van der Waals surface area contributed by atoms with E-state index in [9.17, 15) is 18.0 Å². The molecule has 0 bridgehead atoms. The number of rotatable bonds is 3. The highest BCUT2D eigenvalue weighted by atomic mass is 19.4. The van der Waals surface area contributed by atoms with Crippen LogP contribution in [0.2, 0.25) is 0 Å². The van der Waals surface area contributed by atoms with E-state index in [2.05, 4.69) is 10.3 Å². The number of nitrogens with zero attached hydrogens (tertiary/aromatic N) is 3. The third kappa shape index (κ3) is 2.23. The van der Waals surface area contributed by atoms with Crippen LogP contribution in [0.1, 0.15) is 29.8 Å². The Kier molecular flexibility index (Phi) is 2.69. The standard InChI is InChI=1S/C9H10F3N3O/c10-9(11,12)8(16)7-5-15(14-13-7)4-6-2-1-3-6/h5-6H,1-4H2. The Morgan fingerprint density at radius 3 is 2.69 bits per heavy atom. The first kappa shape index (κ1) is 11.1. The minimum atomic E-state index is -4.88. The van der Waals surface area contributed by atoms with Gasteiger partial charge in [0.1, 0.15) is 0 Å². The van der Waals surface area contributed by atoms with Crippen molar-refractivity contribution in [3.05, 3.63) is 11.9 Å². The number of halogens is 3. The quantitative estimate of drug-likeness (QED) is 0.748. The van der Waals surface area contributed by atoms with Gasteiger partial charge in [0.25, 0.3) is 5.78 Å². The molecule has 0 aliphatic heterocycles. The maximum absolute atomic E-state index is 12.1. The molecule has 0 atom stereocenters. The summed E-state index contributed by atoms with van der Waals surface area (Å²) in [4.78, 5) is 10.8. The molecule has 1 aliphatic rings. The summed E-state index contributed by atoms with van der Waals surface area (Å²) < 4.78 is 37.5. The Morgan fingerprint density at radius 2 is 2.19 bits per heavy atom. The van der Waals surface area contributed by atoms with E-state index in [0.29, 0.717) is 12.5 Å². The molecule has 4 nitrogen and oxygen atoms in total. The van der Waals surface area contributed by atoms with Gasteiger partial charge in [-0.3, -0.25) is 9.48 Å². The van der Waals surface area contributed by atoms with Crippen LogP contribution in [0.25, 0.3) is 0 Å². The zero-order valence-electron chi connectivity index (χ0n) is 8.37. The molecule has 88 valence electrons. The van der Waals surface area contributed by atoms with Gasteiger partial charge < -0.3 is 0 Å². The molecule has 1 heterocycles. The predicted molar refractivity (Wildman–Crippen MR) is 47.7 cm³/mol. The van der Waals surface area contributed by atoms with Crippen LogP contribution in [0.5, 0.6) is 0 Å². The van der Waals surface area contributed by atoms with E-state index in [-0.39, 0.29) is 0 Å². The molecule has 0 aromatic carbocycles. The molecule has 0 unspecified atom stereocenters. The fourth-order valence-electron chi connectivity index (χ4n) is 1.58. The van der Waals surface area contributed by atoms with Crippen molar-refractivity contribution in [2.75, 3.05) is 0 Å². The van der Waals surface area contributed by atoms with Crippen LogP contribution >= 0.6 is 0 Å². The second-order valence-electron chi connectivity index (χ2n) is 3.95. The molecule has 1 aromatic rings. The van der Waals surface area contributed by atoms with E-state index in [1.165, 1.54) is 4.68 Å². The van der Waals surface area contributed by atoms with Crippen LogP contribution in [0.3, 0.4) is 0 Å². The lowest BCUT2D eigenvalue weighted by Gasteiger charge is -2.24. The lowest BCUT2D eigenvalue weighted by molar-refractivity contribution is -0.0888. The maximum atomic E-state index is 12.1. The van der Waals surface area contributed by atoms with Gasteiger partial charge in [0, 0.05) is 6.54 Å². The largest absolute Gasteiger partial charge is 0.456 e. The van der Waals surface area contributed by atoms with Gasteiger partial charge in [-0.25, -0.2) is 0 Å². The van der Waals surface area contributed by atoms with Crippen molar-refractivity contribution in [2.24, 2.45) is 5.92 Å². The number of carbonyl (C=O) groups is 1. The van der Waals surface area contributed by atoms with Crippen LogP contribution in [0.15, 0.2) is 6.20 Å². The summed E-state index contributed by atoms with van der Waals surface area (Å²) in [5.41, 5.74) is -0.633. The van der Waals surface area contributed by atoms with E-state index in [1.807, 2.05) is 0 Å². The van der Waals surface area contributed by atoms with Crippen LogP contribution in [-0.2, 0) is 6.54 Å². The van der Waals surface area contributed by atoms with Crippen molar-refractivity contribution >= 4 is 5.78 Å². The van der Waals surface area contributed by atoms with E-state index in [4.69, 9.17) is 0 Å². The molecule has 2 rings (SSSR count). The molecule has 16 heavy (non-hydrogen) atoms. The highest BCUT2D eigenvalue weighted by Crippen LogP contribution is 2.27. The van der Waals surface area contributed by atoms with E-state index in [0.717, 1.165) is 25.5 Å². The highest BCUT2D eigenvalue weighted by Gasteiger charge is 2.41. The Labute approximate surface area is 89.4 Å². The predicted octanol–water partition coefficient (Wildman–Crippen LogP) is 1.82. The minimum Gasteiger partial charge on any atom is -0.282 e. The smallest absolute Gasteiger partial charge is 0.282 e. The van der Waals surface area contributed by atoms with Crippen molar-refractivity contribution in [3.63, 3.8) is 0 Å². The average molecular weight is 233 g/mol. The summed E-state index contributed by atoms with van der Waals surface area (Å²) in [7, 11) is 0. The van der Waals surface area contributed by atoms with Gasteiger partial charge in [0.2, 0.25) is 0 Å². The normalized spacial score (nSPS) is 17.2. The molecule has 7 heteroatoms. The molecule has 1 aromatic heterocycles. The van der Waals surface area contributed by atoms with Gasteiger partial charge in [-0.2, -0.15) is 13.2 Å². The number of carbonyl (C=O) groups excluding carboxylic acids is 1. The molecule has 1 saturated carbocycles. The molecule has 0 N–H and O–H groups in total. The molecular formula is C9H10F3N3O. The van der Waals surface area contributed by atoms with E-state index in [1.54, 1.807) is 0 Å². The number of aromatic nitrogens is 3. The topological polar surface area (TPSA) is 47.8 Å². The summed E-state index contributed by atoms with van der Waals surface area (Å²) in [6, 6.07) is 0. The SMILES string of the molecule is O=C(c1cn(CC2CCC2)nn1)C(F)(F)F. The molecule has 0 spiro atoms. The van der Waals surface area contributed by atoms with Gasteiger partial charge in [0.15, 0.2) is 5.69 Å². The Balaban J connectivity index is 2.04. The summed E-state index contributed by atoms with van der Waals surface area (Å²) in [5, 5.41) is 6.76. The van der Waals surface area contributed by atoms with Gasteiger partial charge in [0.05, 0.1) is 6.20 Å². The fourth-order valence-corrected chi connectivity index (χ4v) is 1.58. The lowest BCUT2D eigenvalue weighted by Crippen LogP contribution is -2.23. The Hall–Kier alpha value is -1.40. The molecule has 0 saturated heterocycles. The summed E-state index contributed by atoms with van der Waals surface area (Å²) in [5.74, 6) is -1.48. The highest BCUT2D eigenvalue weighted by molar-refractivity contribution is 5.98. The van der Waals surface area contributed by atoms with E-state index < -0.39 is 17.7 Å². The van der Waals surface area contributed by atoms with E-state index >= 15 is 0 Å². The van der Waals surface area contributed by atoms with Crippen LogP contribution in [-0.4, -0.2) is 27.0 Å². The second kappa shape index (κ2) is 3.88. The first-order valence-electron chi connectivity index (χ1n) is 4.98. The van der Waals surface area contributed by atoms with Crippen molar-refractivity contribution in [1.82, 2.24) is 15.0 Å². The third-order valence-corrected chi connectivity index (χ3v) is 2.70. The molecule has 1 fully saturated rings. The number of hydrogen-bond acceptors (Lipinski definition) is 3. The fraction of sp³-hybridized carbons (Fsp3) is 0.667. The third-order valence-electron chi connectivity index (χ3n) is 2.70. The second-order valence-corrected chi connectivity index (χ2v) is 3.95. The van der Waals surface area contributed by atoms with Crippen molar-refractivity contribution < 1.29 is 18.0 Å². The first-order chi connectivity index (χ1) is 7.47. The van der Waals surface area contributed by atoms with Crippen molar-refractivity contribution in [2.45, 2.75) is 32.0 Å². The zero-order chi connectivity index (χ0) is 11.8. The number of ketones is 1. The minimum absolute atomic E-state index is 0.454. The van der Waals surface area contributed by atoms with Crippen LogP contribution < -0.4 is 0 Å². The monoisotopic (exact) mass is 233 g/mol. The molecule has 0 amide bonds. The summed E-state index contributed by atoms with van der Waals surface area (Å²) >= 11 is 0. The molecule has 1 aliphatic carbocycles. The summed E-state index contributed by atoms with van der Waals surface area (Å²) in [6.07, 6.45) is -0.552. The van der Waals surface area contributed by atoms with Crippen molar-refractivity contribution in [3.8, 4) is 0 Å². The van der Waals surface area contributed by atoms with Crippen LogP contribution in [0.4, 0.5) is 13.2 Å². The maximum Gasteiger partial charge on any atom is 0.456 e. The van der Waals surface area contributed by atoms with Gasteiger partial charge in [-0.15, -0.1) is 5.10 Å². The average Bonchev–Trinajstić information content (AvgIpc) is 2.56. The summed E-state index contributed by atoms with van der Waals surface area (Å²) in [6.45, 7) is 0.540.